The number of hydrogen-bond donors (Lipinski definition) is 0. The molecule has 1 aliphatic rings. The summed E-state index contributed by atoms with van der Waals surface area (Å²) in [6.45, 7) is 5.04. The number of hydrogen-bond acceptors (Lipinski definition) is 4. The second-order valence-electron chi connectivity index (χ2n) is 3.75. The molecular formula is C9H15ClO4. The van der Waals surface area contributed by atoms with Crippen LogP contribution in [0.3, 0.4) is 0 Å². The van der Waals surface area contributed by atoms with Crippen LogP contribution < -0.4 is 0 Å². The molecule has 0 radical (unpaired) electrons. The Labute approximate surface area is 88.5 Å². The first-order chi connectivity index (χ1) is 6.56. The first-order valence-corrected chi connectivity index (χ1v) is 5.03. The molecule has 0 aliphatic carbocycles. The maximum atomic E-state index is 10.8. The molecular weight excluding hydrogens is 208 g/mol. The van der Waals surface area contributed by atoms with Crippen LogP contribution in [0.25, 0.3) is 0 Å². The molecule has 0 saturated carbocycles. The summed E-state index contributed by atoms with van der Waals surface area (Å²) in [5.41, 5.74) is -0.315. The van der Waals surface area contributed by atoms with Crippen LogP contribution >= 0.6 is 11.6 Å². The molecule has 0 aromatic rings. The largest absolute Gasteiger partial charge is 0.464 e. The molecule has 0 aromatic heterocycles. The van der Waals surface area contributed by atoms with Crippen LogP contribution in [0.4, 0.5) is 0 Å². The van der Waals surface area contributed by atoms with Gasteiger partial charge in [0.15, 0.2) is 0 Å². The van der Waals surface area contributed by atoms with Gasteiger partial charge in [0.2, 0.25) is 0 Å². The van der Waals surface area contributed by atoms with Crippen LogP contribution in [-0.2, 0) is 19.0 Å². The standard InChI is InChI=1S/C9H15ClO4/c1-9(2)7(4-12-6-14-9)5-13-8(11)3-10/h7H,3-6H2,1-2H3/t7-/m1/s1. The third kappa shape index (κ3) is 3.12. The van der Waals surface area contributed by atoms with Gasteiger partial charge in [-0.15, -0.1) is 11.6 Å². The monoisotopic (exact) mass is 222 g/mol. The zero-order chi connectivity index (χ0) is 10.6. The first kappa shape index (κ1) is 11.8. The van der Waals surface area contributed by atoms with Crippen molar-refractivity contribution in [3.63, 3.8) is 0 Å². The molecule has 1 fully saturated rings. The van der Waals surface area contributed by atoms with Crippen LogP contribution in [-0.4, -0.2) is 37.5 Å². The molecule has 0 N–H and O–H groups in total. The normalized spacial score (nSPS) is 25.8. The predicted octanol–water partition coefficient (Wildman–Crippen LogP) is 1.17. The number of carbonyl (C=O) groups is 1. The van der Waals surface area contributed by atoms with E-state index in [-0.39, 0.29) is 17.4 Å². The van der Waals surface area contributed by atoms with Gasteiger partial charge >= 0.3 is 5.97 Å². The SMILES string of the molecule is CC1(C)OCOC[C@@H]1COC(=O)CCl. The van der Waals surface area contributed by atoms with E-state index in [9.17, 15) is 4.79 Å². The van der Waals surface area contributed by atoms with Gasteiger partial charge in [-0.05, 0) is 13.8 Å². The summed E-state index contributed by atoms with van der Waals surface area (Å²) in [6, 6.07) is 0. The Morgan fingerprint density at radius 3 is 2.93 bits per heavy atom. The zero-order valence-corrected chi connectivity index (χ0v) is 9.17. The van der Waals surface area contributed by atoms with Gasteiger partial charge in [-0.25, -0.2) is 0 Å². The van der Waals surface area contributed by atoms with Crippen molar-refractivity contribution in [3.05, 3.63) is 0 Å². The van der Waals surface area contributed by atoms with E-state index >= 15 is 0 Å². The lowest BCUT2D eigenvalue weighted by molar-refractivity contribution is -0.220. The quantitative estimate of drug-likeness (QED) is 0.531. The zero-order valence-electron chi connectivity index (χ0n) is 8.42. The van der Waals surface area contributed by atoms with Crippen molar-refractivity contribution in [3.8, 4) is 0 Å². The van der Waals surface area contributed by atoms with Gasteiger partial charge in [0.05, 0.1) is 18.8 Å². The average molecular weight is 223 g/mol. The van der Waals surface area contributed by atoms with Crippen LogP contribution in [0.1, 0.15) is 13.8 Å². The van der Waals surface area contributed by atoms with E-state index in [2.05, 4.69) is 0 Å². The van der Waals surface area contributed by atoms with E-state index in [1.165, 1.54) is 0 Å². The summed E-state index contributed by atoms with van der Waals surface area (Å²) in [5, 5.41) is 0. The fourth-order valence-electron chi connectivity index (χ4n) is 1.18. The van der Waals surface area contributed by atoms with Gasteiger partial charge in [0.25, 0.3) is 0 Å². The smallest absolute Gasteiger partial charge is 0.320 e. The van der Waals surface area contributed by atoms with Gasteiger partial charge in [-0.3, -0.25) is 4.79 Å². The molecule has 1 atom stereocenters. The number of esters is 1. The average Bonchev–Trinajstić information content (AvgIpc) is 2.15. The molecule has 0 aromatic carbocycles. The molecule has 14 heavy (non-hydrogen) atoms. The number of rotatable bonds is 3. The molecule has 82 valence electrons. The Kier molecular flexibility index (Phi) is 4.16. The van der Waals surface area contributed by atoms with E-state index in [0.29, 0.717) is 20.0 Å². The van der Waals surface area contributed by atoms with Crippen molar-refractivity contribution >= 4 is 17.6 Å². The molecule has 0 bridgehead atoms. The van der Waals surface area contributed by atoms with Gasteiger partial charge in [0.1, 0.15) is 12.7 Å². The number of alkyl halides is 1. The van der Waals surface area contributed by atoms with Gasteiger partial charge < -0.3 is 14.2 Å². The molecule has 0 unspecified atom stereocenters. The first-order valence-electron chi connectivity index (χ1n) is 4.49. The van der Waals surface area contributed by atoms with Crippen molar-refractivity contribution in [1.29, 1.82) is 0 Å². The summed E-state index contributed by atoms with van der Waals surface area (Å²) >= 11 is 5.30. The summed E-state index contributed by atoms with van der Waals surface area (Å²) in [4.78, 5) is 10.8. The van der Waals surface area contributed by atoms with Crippen LogP contribution in [0.15, 0.2) is 0 Å². The maximum absolute atomic E-state index is 10.8. The molecule has 1 heterocycles. The second-order valence-corrected chi connectivity index (χ2v) is 4.02. The fraction of sp³-hybridized carbons (Fsp3) is 0.889. The second kappa shape index (κ2) is 4.96. The highest BCUT2D eigenvalue weighted by Gasteiger charge is 2.34. The highest BCUT2D eigenvalue weighted by molar-refractivity contribution is 6.26. The Hall–Kier alpha value is -0.320. The fourth-order valence-corrected chi connectivity index (χ4v) is 1.26. The lowest BCUT2D eigenvalue weighted by atomic mass is 9.91. The minimum absolute atomic E-state index is 0.0587. The molecule has 1 saturated heterocycles. The van der Waals surface area contributed by atoms with Crippen molar-refractivity contribution in [2.75, 3.05) is 25.9 Å². The molecule has 0 spiro atoms. The number of halogens is 1. The van der Waals surface area contributed by atoms with Crippen LogP contribution in [0.5, 0.6) is 0 Å². The van der Waals surface area contributed by atoms with Gasteiger partial charge in [-0.2, -0.15) is 0 Å². The van der Waals surface area contributed by atoms with E-state index in [1.807, 2.05) is 13.8 Å². The lowest BCUT2D eigenvalue weighted by Crippen LogP contribution is -2.45. The topological polar surface area (TPSA) is 44.8 Å². The van der Waals surface area contributed by atoms with E-state index in [1.54, 1.807) is 0 Å². The number of ether oxygens (including phenoxy) is 3. The Morgan fingerprint density at radius 2 is 2.36 bits per heavy atom. The van der Waals surface area contributed by atoms with Crippen molar-refractivity contribution in [1.82, 2.24) is 0 Å². The maximum Gasteiger partial charge on any atom is 0.320 e. The lowest BCUT2D eigenvalue weighted by Gasteiger charge is -2.37. The summed E-state index contributed by atoms with van der Waals surface area (Å²) in [5.74, 6) is -0.467. The molecule has 0 amide bonds. The van der Waals surface area contributed by atoms with E-state index in [0.717, 1.165) is 0 Å². The molecule has 5 heteroatoms. The molecule has 4 nitrogen and oxygen atoms in total. The third-order valence-corrected chi connectivity index (χ3v) is 2.59. The van der Waals surface area contributed by atoms with E-state index < -0.39 is 5.97 Å². The minimum atomic E-state index is -0.409. The highest BCUT2D eigenvalue weighted by Crippen LogP contribution is 2.25. The highest BCUT2D eigenvalue weighted by atomic mass is 35.5. The van der Waals surface area contributed by atoms with E-state index in [4.69, 9.17) is 25.8 Å². The Morgan fingerprint density at radius 1 is 1.64 bits per heavy atom. The minimum Gasteiger partial charge on any atom is -0.464 e. The summed E-state index contributed by atoms with van der Waals surface area (Å²) in [6.07, 6.45) is 0. The predicted molar refractivity (Wildman–Crippen MR) is 51.2 cm³/mol. The van der Waals surface area contributed by atoms with Gasteiger partial charge in [0, 0.05) is 5.92 Å². The number of carbonyl (C=O) groups excluding carboxylic acids is 1. The molecule has 1 aliphatic heterocycles. The summed E-state index contributed by atoms with van der Waals surface area (Å²) in [7, 11) is 0. The van der Waals surface area contributed by atoms with Crippen molar-refractivity contribution in [2.45, 2.75) is 19.4 Å². The molecule has 1 rings (SSSR count). The van der Waals surface area contributed by atoms with Crippen LogP contribution in [0, 0.1) is 5.92 Å². The third-order valence-electron chi connectivity index (χ3n) is 2.37. The van der Waals surface area contributed by atoms with Gasteiger partial charge in [-0.1, -0.05) is 0 Å². The Bertz CT molecular complexity index is 205. The Balaban J connectivity index is 2.38. The van der Waals surface area contributed by atoms with Crippen LogP contribution in [0.2, 0.25) is 0 Å². The van der Waals surface area contributed by atoms with Crippen molar-refractivity contribution < 1.29 is 19.0 Å². The van der Waals surface area contributed by atoms with Crippen molar-refractivity contribution in [2.24, 2.45) is 5.92 Å². The summed E-state index contributed by atoms with van der Waals surface area (Å²) < 4.78 is 15.5.